The molecule has 3 heterocycles. The van der Waals surface area contributed by atoms with E-state index in [2.05, 4.69) is 20.4 Å². The number of carbonyl (C=O) groups is 1. The van der Waals surface area contributed by atoms with Crippen LogP contribution in [0.1, 0.15) is 36.2 Å². The lowest BCUT2D eigenvalue weighted by molar-refractivity contribution is 0.0673. The van der Waals surface area contributed by atoms with E-state index in [0.717, 1.165) is 37.0 Å². The lowest BCUT2D eigenvalue weighted by Crippen LogP contribution is -2.40. The first-order valence-electron chi connectivity index (χ1n) is 8.23. The zero-order valence-electron chi connectivity index (χ0n) is 13.5. The second-order valence-electron chi connectivity index (χ2n) is 6.03. The number of nitrogens with zero attached hydrogens (tertiary/aromatic N) is 7. The van der Waals surface area contributed by atoms with Crippen molar-refractivity contribution in [2.45, 2.75) is 32.4 Å². The molecule has 0 unspecified atom stereocenters. The Labute approximate surface area is 139 Å². The summed E-state index contributed by atoms with van der Waals surface area (Å²) >= 11 is 0. The van der Waals surface area contributed by atoms with Crippen LogP contribution in [0.5, 0.6) is 0 Å². The quantitative estimate of drug-likeness (QED) is 0.729. The third kappa shape index (κ3) is 2.53. The molecule has 1 atom stereocenters. The molecule has 1 saturated heterocycles. The summed E-state index contributed by atoms with van der Waals surface area (Å²) in [6.45, 7) is 4.20. The highest BCUT2D eigenvalue weighted by Crippen LogP contribution is 2.23. The van der Waals surface area contributed by atoms with Crippen LogP contribution in [0, 0.1) is 0 Å². The number of piperidine rings is 1. The Balaban J connectivity index is 1.56. The molecule has 0 N–H and O–H groups in total. The summed E-state index contributed by atoms with van der Waals surface area (Å²) in [5.41, 5.74) is 2.37. The fraction of sp³-hybridized carbons (Fsp3) is 0.438. The predicted molar refractivity (Wildman–Crippen MR) is 87.4 cm³/mol. The van der Waals surface area contributed by atoms with Crippen LogP contribution in [-0.2, 0) is 6.54 Å². The van der Waals surface area contributed by atoms with Gasteiger partial charge in [0.1, 0.15) is 18.2 Å². The van der Waals surface area contributed by atoms with Crippen molar-refractivity contribution < 1.29 is 4.79 Å². The predicted octanol–water partition coefficient (Wildman–Crippen LogP) is 1.52. The molecule has 0 bridgehead atoms. The third-order valence-corrected chi connectivity index (χ3v) is 4.55. The summed E-state index contributed by atoms with van der Waals surface area (Å²) < 4.78 is 3.67. The molecule has 1 amide bonds. The first-order valence-corrected chi connectivity index (χ1v) is 8.23. The van der Waals surface area contributed by atoms with E-state index >= 15 is 0 Å². The molecule has 124 valence electrons. The normalized spacial score (nSPS) is 18.2. The van der Waals surface area contributed by atoms with Crippen molar-refractivity contribution in [3.63, 3.8) is 0 Å². The largest absolute Gasteiger partial charge is 0.336 e. The summed E-state index contributed by atoms with van der Waals surface area (Å²) in [5, 5.41) is 12.5. The van der Waals surface area contributed by atoms with Gasteiger partial charge < -0.3 is 4.90 Å². The molecule has 2 aromatic heterocycles. The number of likely N-dealkylation sites (tertiary alicyclic amines) is 1. The van der Waals surface area contributed by atoms with E-state index < -0.39 is 0 Å². The molecule has 1 aliphatic rings. The minimum atomic E-state index is 0.0350. The maximum Gasteiger partial charge on any atom is 0.254 e. The van der Waals surface area contributed by atoms with Gasteiger partial charge in [0.05, 0.1) is 11.6 Å². The summed E-state index contributed by atoms with van der Waals surface area (Å²) in [6.07, 6.45) is 5.22. The molecule has 3 aromatic rings. The zero-order valence-corrected chi connectivity index (χ0v) is 13.5. The smallest absolute Gasteiger partial charge is 0.254 e. The van der Waals surface area contributed by atoms with Crippen molar-refractivity contribution in [3.8, 4) is 0 Å². The SMILES string of the molecule is CCn1nnc2cc(C(=O)N3CCC[C@@H](n4cncn4)C3)ccc21. The molecule has 24 heavy (non-hydrogen) atoms. The maximum absolute atomic E-state index is 12.9. The summed E-state index contributed by atoms with van der Waals surface area (Å²) in [6, 6.07) is 5.80. The van der Waals surface area contributed by atoms with Crippen LogP contribution in [0.2, 0.25) is 0 Å². The maximum atomic E-state index is 12.9. The minimum Gasteiger partial charge on any atom is -0.336 e. The van der Waals surface area contributed by atoms with Gasteiger partial charge in [-0.3, -0.25) is 4.79 Å². The summed E-state index contributed by atoms with van der Waals surface area (Å²) in [7, 11) is 0. The van der Waals surface area contributed by atoms with Gasteiger partial charge in [-0.2, -0.15) is 5.10 Å². The molecule has 1 fully saturated rings. The Morgan fingerprint density at radius 3 is 3.08 bits per heavy atom. The molecule has 1 aromatic carbocycles. The summed E-state index contributed by atoms with van der Waals surface area (Å²) in [4.78, 5) is 18.8. The highest BCUT2D eigenvalue weighted by atomic mass is 16.2. The molecular weight excluding hydrogens is 306 g/mol. The molecular formula is C16H19N7O. The van der Waals surface area contributed by atoms with Gasteiger partial charge in [-0.25, -0.2) is 14.3 Å². The fourth-order valence-corrected chi connectivity index (χ4v) is 3.28. The van der Waals surface area contributed by atoms with Gasteiger partial charge in [0.15, 0.2) is 0 Å². The average molecular weight is 325 g/mol. The number of carbonyl (C=O) groups excluding carboxylic acids is 1. The topological polar surface area (TPSA) is 81.7 Å². The van der Waals surface area contributed by atoms with Crippen LogP contribution >= 0.6 is 0 Å². The monoisotopic (exact) mass is 325 g/mol. The fourth-order valence-electron chi connectivity index (χ4n) is 3.28. The molecule has 0 aliphatic carbocycles. The summed E-state index contributed by atoms with van der Waals surface area (Å²) in [5.74, 6) is 0.0350. The second kappa shape index (κ2) is 6.03. The first-order chi connectivity index (χ1) is 11.8. The van der Waals surface area contributed by atoms with E-state index in [4.69, 9.17) is 0 Å². The average Bonchev–Trinajstić information content (AvgIpc) is 3.30. The number of benzene rings is 1. The van der Waals surface area contributed by atoms with E-state index in [-0.39, 0.29) is 11.9 Å². The third-order valence-electron chi connectivity index (χ3n) is 4.55. The van der Waals surface area contributed by atoms with Crippen LogP contribution in [-0.4, -0.2) is 53.7 Å². The minimum absolute atomic E-state index is 0.0350. The number of fused-ring (bicyclic) bond motifs is 1. The highest BCUT2D eigenvalue weighted by Gasteiger charge is 2.26. The van der Waals surface area contributed by atoms with Crippen LogP contribution in [0.3, 0.4) is 0 Å². The van der Waals surface area contributed by atoms with Crippen molar-refractivity contribution in [1.82, 2.24) is 34.7 Å². The van der Waals surface area contributed by atoms with E-state index in [1.54, 1.807) is 6.33 Å². The van der Waals surface area contributed by atoms with Gasteiger partial charge in [0.25, 0.3) is 5.91 Å². The Hall–Kier alpha value is -2.77. The van der Waals surface area contributed by atoms with Gasteiger partial charge in [0, 0.05) is 25.2 Å². The second-order valence-corrected chi connectivity index (χ2v) is 6.03. The van der Waals surface area contributed by atoms with Crippen LogP contribution < -0.4 is 0 Å². The van der Waals surface area contributed by atoms with Crippen LogP contribution in [0.25, 0.3) is 11.0 Å². The van der Waals surface area contributed by atoms with Crippen LogP contribution in [0.4, 0.5) is 0 Å². The standard InChI is InChI=1S/C16H19N7O/c1-2-22-15-6-5-12(8-14(15)19-20-22)16(24)21-7-3-4-13(9-21)23-11-17-10-18-23/h5-6,8,10-11,13H,2-4,7,9H2,1H3/t13-/m1/s1. The number of hydrogen-bond donors (Lipinski definition) is 0. The van der Waals surface area contributed by atoms with Gasteiger partial charge in [-0.05, 0) is 38.0 Å². The first kappa shape index (κ1) is 14.8. The molecule has 4 rings (SSSR count). The Kier molecular flexibility index (Phi) is 3.72. The lowest BCUT2D eigenvalue weighted by Gasteiger charge is -2.32. The van der Waals surface area contributed by atoms with Gasteiger partial charge in [0.2, 0.25) is 0 Å². The molecule has 0 spiro atoms. The van der Waals surface area contributed by atoms with Crippen molar-refractivity contribution in [2.24, 2.45) is 0 Å². The highest BCUT2D eigenvalue weighted by molar-refractivity contribution is 5.97. The number of aromatic nitrogens is 6. The zero-order chi connectivity index (χ0) is 16.5. The molecule has 0 radical (unpaired) electrons. The Bertz CT molecular complexity index is 855. The van der Waals surface area contributed by atoms with E-state index in [1.165, 1.54) is 6.33 Å². The molecule has 8 heteroatoms. The van der Waals surface area contributed by atoms with E-state index in [0.29, 0.717) is 12.1 Å². The van der Waals surface area contributed by atoms with Crippen molar-refractivity contribution >= 4 is 16.9 Å². The van der Waals surface area contributed by atoms with Gasteiger partial charge in [-0.15, -0.1) is 5.10 Å². The lowest BCUT2D eigenvalue weighted by atomic mass is 10.0. The van der Waals surface area contributed by atoms with E-state index in [9.17, 15) is 4.79 Å². The molecule has 8 nitrogen and oxygen atoms in total. The Morgan fingerprint density at radius 1 is 1.38 bits per heavy atom. The van der Waals surface area contributed by atoms with Crippen molar-refractivity contribution in [1.29, 1.82) is 0 Å². The molecule has 0 saturated carbocycles. The van der Waals surface area contributed by atoms with E-state index in [1.807, 2.05) is 39.4 Å². The number of aryl methyl sites for hydroxylation is 1. The van der Waals surface area contributed by atoms with Crippen molar-refractivity contribution in [3.05, 3.63) is 36.4 Å². The van der Waals surface area contributed by atoms with Gasteiger partial charge >= 0.3 is 0 Å². The molecule has 1 aliphatic heterocycles. The number of amides is 1. The Morgan fingerprint density at radius 2 is 2.29 bits per heavy atom. The van der Waals surface area contributed by atoms with Crippen molar-refractivity contribution in [2.75, 3.05) is 13.1 Å². The number of hydrogen-bond acceptors (Lipinski definition) is 5. The number of rotatable bonds is 3. The van der Waals surface area contributed by atoms with Gasteiger partial charge in [-0.1, -0.05) is 5.21 Å². The van der Waals surface area contributed by atoms with Crippen LogP contribution in [0.15, 0.2) is 30.9 Å².